The van der Waals surface area contributed by atoms with Crippen molar-refractivity contribution in [3.05, 3.63) is 11.8 Å². The molecular weight excluding hydrogens is 281 g/mol. The Morgan fingerprint density at radius 1 is 1.47 bits per heavy atom. The topological polar surface area (TPSA) is 80.9 Å². The molecule has 0 aromatic carbocycles. The first-order valence-corrected chi connectivity index (χ1v) is 7.19. The lowest BCUT2D eigenvalue weighted by Gasteiger charge is -2.15. The molecule has 108 valence electrons. The Morgan fingerprint density at radius 2 is 2.11 bits per heavy atom. The van der Waals surface area contributed by atoms with Crippen LogP contribution in [-0.2, 0) is 17.0 Å². The molecule has 0 saturated carbocycles. The van der Waals surface area contributed by atoms with Gasteiger partial charge in [-0.05, 0) is 13.3 Å². The van der Waals surface area contributed by atoms with Crippen molar-refractivity contribution in [1.29, 1.82) is 0 Å². The number of hydrogen-bond acceptors (Lipinski definition) is 5. The molecule has 0 amide bonds. The zero-order valence-corrected chi connectivity index (χ0v) is 11.3. The van der Waals surface area contributed by atoms with E-state index in [1.165, 1.54) is 0 Å². The van der Waals surface area contributed by atoms with Crippen LogP contribution in [0.15, 0.2) is 6.07 Å². The third-order valence-corrected chi connectivity index (χ3v) is 3.08. The van der Waals surface area contributed by atoms with Crippen LogP contribution in [0.2, 0.25) is 0 Å². The highest BCUT2D eigenvalue weighted by atomic mass is 32.2. The fraction of sp³-hybridized carbons (Fsp3) is 0.600. The molecule has 0 fully saturated rings. The number of nitrogen functional groups attached to an aromatic ring is 1. The molecule has 0 saturated heterocycles. The van der Waals surface area contributed by atoms with E-state index in [9.17, 15) is 17.4 Å². The normalized spacial score (nSPS) is 15.0. The zero-order valence-electron chi connectivity index (χ0n) is 10.5. The van der Waals surface area contributed by atoms with Gasteiger partial charge in [0.05, 0.1) is 0 Å². The first kappa shape index (κ1) is 15.7. The molecule has 0 aliphatic rings. The molecule has 2 unspecified atom stereocenters. The summed E-state index contributed by atoms with van der Waals surface area (Å²) >= 11 is 0. The number of hydrogen-bond donors (Lipinski definition) is 2. The van der Waals surface area contributed by atoms with Crippen molar-refractivity contribution >= 4 is 22.6 Å². The van der Waals surface area contributed by atoms with Gasteiger partial charge in [-0.3, -0.25) is 4.21 Å². The first-order valence-electron chi connectivity index (χ1n) is 5.47. The van der Waals surface area contributed by atoms with Gasteiger partial charge in [0.15, 0.2) is 5.69 Å². The average molecular weight is 296 g/mol. The van der Waals surface area contributed by atoms with Crippen LogP contribution in [-0.4, -0.2) is 32.2 Å². The second kappa shape index (κ2) is 6.18. The highest BCUT2D eigenvalue weighted by molar-refractivity contribution is 7.84. The summed E-state index contributed by atoms with van der Waals surface area (Å²) in [5.74, 6) is 0.0266. The van der Waals surface area contributed by atoms with E-state index in [2.05, 4.69) is 15.3 Å². The summed E-state index contributed by atoms with van der Waals surface area (Å²) in [5.41, 5.74) is 4.15. The maximum Gasteiger partial charge on any atom is 0.433 e. The second-order valence-corrected chi connectivity index (χ2v) is 5.66. The molecule has 1 aromatic rings. The average Bonchev–Trinajstić information content (AvgIpc) is 2.24. The molecule has 3 N–H and O–H groups in total. The zero-order chi connectivity index (χ0) is 14.6. The predicted octanol–water partition coefficient (Wildman–Crippen LogP) is 1.65. The van der Waals surface area contributed by atoms with E-state index in [1.54, 1.807) is 13.2 Å². The smallest absolute Gasteiger partial charge is 0.368 e. The van der Waals surface area contributed by atoms with Gasteiger partial charge in [0, 0.05) is 34.9 Å². The molecule has 1 rings (SSSR count). The Balaban J connectivity index is 2.78. The van der Waals surface area contributed by atoms with Gasteiger partial charge in [-0.25, -0.2) is 4.98 Å². The van der Waals surface area contributed by atoms with Gasteiger partial charge in [0.1, 0.15) is 5.82 Å². The van der Waals surface area contributed by atoms with Crippen molar-refractivity contribution in [2.75, 3.05) is 23.1 Å². The lowest BCUT2D eigenvalue weighted by Crippen LogP contribution is -2.20. The van der Waals surface area contributed by atoms with E-state index >= 15 is 0 Å². The highest BCUT2D eigenvalue weighted by Gasteiger charge is 2.33. The Morgan fingerprint density at radius 3 is 2.63 bits per heavy atom. The quantitative estimate of drug-likeness (QED) is 0.863. The summed E-state index contributed by atoms with van der Waals surface area (Å²) in [6.07, 6.45) is -2.45. The van der Waals surface area contributed by atoms with Gasteiger partial charge >= 0.3 is 6.18 Å². The molecule has 0 spiro atoms. The van der Waals surface area contributed by atoms with Gasteiger partial charge in [-0.15, -0.1) is 0 Å². The Hall–Kier alpha value is -1.38. The van der Waals surface area contributed by atoms with E-state index in [0.29, 0.717) is 12.2 Å². The summed E-state index contributed by atoms with van der Waals surface area (Å²) in [6.45, 7) is 1.76. The van der Waals surface area contributed by atoms with Gasteiger partial charge in [-0.1, -0.05) is 0 Å². The van der Waals surface area contributed by atoms with Crippen molar-refractivity contribution in [2.45, 2.75) is 25.6 Å². The van der Waals surface area contributed by atoms with Gasteiger partial charge in [0.25, 0.3) is 0 Å². The SMILES string of the molecule is CC(CCS(C)=O)Nc1cc(C(F)(F)F)nc(N)n1. The van der Waals surface area contributed by atoms with Crippen LogP contribution in [0.5, 0.6) is 0 Å². The Labute approximate surface area is 111 Å². The highest BCUT2D eigenvalue weighted by Crippen LogP contribution is 2.29. The van der Waals surface area contributed by atoms with Crippen LogP contribution >= 0.6 is 0 Å². The summed E-state index contributed by atoms with van der Waals surface area (Å²) in [4.78, 5) is 6.83. The summed E-state index contributed by atoms with van der Waals surface area (Å²) < 4.78 is 48.5. The molecule has 0 bridgehead atoms. The molecule has 19 heavy (non-hydrogen) atoms. The van der Waals surface area contributed by atoms with Crippen LogP contribution < -0.4 is 11.1 Å². The van der Waals surface area contributed by atoms with E-state index in [4.69, 9.17) is 5.73 Å². The maximum atomic E-state index is 12.5. The summed E-state index contributed by atoms with van der Waals surface area (Å²) in [5, 5.41) is 2.78. The number of aromatic nitrogens is 2. The lowest BCUT2D eigenvalue weighted by atomic mass is 10.2. The molecule has 1 aromatic heterocycles. The van der Waals surface area contributed by atoms with E-state index in [-0.39, 0.29) is 11.9 Å². The predicted molar refractivity (Wildman–Crippen MR) is 68.1 cm³/mol. The van der Waals surface area contributed by atoms with Crippen molar-refractivity contribution in [2.24, 2.45) is 0 Å². The van der Waals surface area contributed by atoms with Crippen molar-refractivity contribution in [3.63, 3.8) is 0 Å². The second-order valence-electron chi connectivity index (χ2n) is 4.11. The molecule has 1 heterocycles. The minimum absolute atomic E-state index is 0.00853. The van der Waals surface area contributed by atoms with Gasteiger partial charge in [-0.2, -0.15) is 18.2 Å². The fourth-order valence-corrected chi connectivity index (χ4v) is 2.04. The van der Waals surface area contributed by atoms with Crippen LogP contribution in [0.25, 0.3) is 0 Å². The van der Waals surface area contributed by atoms with Crippen molar-refractivity contribution in [3.8, 4) is 0 Å². The van der Waals surface area contributed by atoms with Crippen molar-refractivity contribution in [1.82, 2.24) is 9.97 Å². The molecule has 0 aliphatic heterocycles. The molecular formula is C10H15F3N4OS. The molecule has 9 heteroatoms. The minimum atomic E-state index is -4.57. The number of anilines is 2. The molecule has 0 aliphatic carbocycles. The minimum Gasteiger partial charge on any atom is -0.368 e. The number of nitrogens with one attached hydrogen (secondary N) is 1. The monoisotopic (exact) mass is 296 g/mol. The maximum absolute atomic E-state index is 12.5. The Kier molecular flexibility index (Phi) is 5.10. The molecule has 2 atom stereocenters. The van der Waals surface area contributed by atoms with E-state index in [1.807, 2.05) is 0 Å². The number of nitrogens with zero attached hydrogens (tertiary/aromatic N) is 2. The Bertz CT molecular complexity index is 467. The van der Waals surface area contributed by atoms with E-state index < -0.39 is 28.6 Å². The van der Waals surface area contributed by atoms with E-state index in [0.717, 1.165) is 6.07 Å². The molecule has 5 nitrogen and oxygen atoms in total. The summed E-state index contributed by atoms with van der Waals surface area (Å²) in [7, 11) is -0.944. The lowest BCUT2D eigenvalue weighted by molar-refractivity contribution is -0.141. The van der Waals surface area contributed by atoms with Crippen LogP contribution in [0.4, 0.5) is 24.9 Å². The van der Waals surface area contributed by atoms with Crippen LogP contribution in [0.3, 0.4) is 0 Å². The van der Waals surface area contributed by atoms with Crippen LogP contribution in [0, 0.1) is 0 Å². The third kappa shape index (κ3) is 5.41. The number of halogens is 3. The largest absolute Gasteiger partial charge is 0.433 e. The number of rotatable bonds is 5. The standard InChI is InChI=1S/C10H15F3N4OS/c1-6(3-4-19(2)18)15-8-5-7(10(11,12)13)16-9(14)17-8/h5-6H,3-4H2,1-2H3,(H3,14,15,16,17). The number of alkyl halides is 3. The van der Waals surface area contributed by atoms with Crippen molar-refractivity contribution < 1.29 is 17.4 Å². The van der Waals surface area contributed by atoms with Crippen LogP contribution in [0.1, 0.15) is 19.0 Å². The van der Waals surface area contributed by atoms with Gasteiger partial charge < -0.3 is 11.1 Å². The fourth-order valence-electron chi connectivity index (χ4n) is 1.35. The molecule has 0 radical (unpaired) electrons. The number of nitrogens with two attached hydrogens (primary N) is 1. The third-order valence-electron chi connectivity index (χ3n) is 2.27. The van der Waals surface area contributed by atoms with Gasteiger partial charge in [0.2, 0.25) is 5.95 Å². The summed E-state index contributed by atoms with van der Waals surface area (Å²) in [6, 6.07) is 0.634. The first-order chi connectivity index (χ1) is 8.68.